The van der Waals surface area contributed by atoms with Crippen molar-refractivity contribution in [2.24, 2.45) is 5.73 Å². The third-order valence-corrected chi connectivity index (χ3v) is 4.89. The van der Waals surface area contributed by atoms with E-state index < -0.39 is 5.91 Å². The van der Waals surface area contributed by atoms with Crippen LogP contribution in [0.25, 0.3) is 21.3 Å². The molecule has 7 N–H and O–H groups in total. The number of amides is 1. The fourth-order valence-corrected chi connectivity index (χ4v) is 3.69. The molecule has 1 amide bonds. The van der Waals surface area contributed by atoms with Crippen molar-refractivity contribution < 1.29 is 14.5 Å². The first-order valence-corrected chi connectivity index (χ1v) is 8.29. The number of aromatic nitrogens is 1. The predicted molar refractivity (Wildman–Crippen MR) is 97.0 cm³/mol. The number of rotatable bonds is 4. The summed E-state index contributed by atoms with van der Waals surface area (Å²) in [6, 6.07) is 9.35. The molecule has 0 fully saturated rings. The van der Waals surface area contributed by atoms with E-state index in [-0.39, 0.29) is 21.9 Å². The van der Waals surface area contributed by atoms with Gasteiger partial charge in [-0.2, -0.15) is 5.26 Å². The zero-order valence-electron chi connectivity index (χ0n) is 13.4. The quantitative estimate of drug-likeness (QED) is 0.656. The monoisotopic (exact) mass is 354 g/mol. The molecule has 0 aliphatic rings. The Morgan fingerprint density at radius 2 is 2.00 bits per heavy atom. The second kappa shape index (κ2) is 6.30. The number of nitriles is 1. The van der Waals surface area contributed by atoms with Crippen LogP contribution in [-0.2, 0) is 0 Å². The smallest absolute Gasteiger partial charge is 0.290 e. The van der Waals surface area contributed by atoms with Gasteiger partial charge in [-0.3, -0.25) is 10.5 Å². The van der Waals surface area contributed by atoms with Gasteiger partial charge in [-0.25, -0.2) is 4.98 Å². The van der Waals surface area contributed by atoms with Crippen molar-refractivity contribution in [3.05, 3.63) is 34.7 Å². The fraction of sp³-hybridized carbons (Fsp3) is 0.118. The van der Waals surface area contributed by atoms with E-state index in [0.717, 1.165) is 16.9 Å². The largest absolute Gasteiger partial charge is 0.494 e. The maximum Gasteiger partial charge on any atom is 0.290 e. The lowest BCUT2D eigenvalue weighted by atomic mass is 9.97. The van der Waals surface area contributed by atoms with Crippen LogP contribution >= 0.6 is 11.3 Å². The molecule has 2 heterocycles. The maximum absolute atomic E-state index is 11.6. The third kappa shape index (κ3) is 2.70. The number of primary amides is 1. The summed E-state index contributed by atoms with van der Waals surface area (Å²) >= 11 is 1.12. The van der Waals surface area contributed by atoms with Gasteiger partial charge < -0.3 is 16.2 Å². The second-order valence-electron chi connectivity index (χ2n) is 5.27. The number of hydrogen-bond donors (Lipinski definition) is 3. The lowest BCUT2D eigenvalue weighted by molar-refractivity contribution is -0.323. The minimum atomic E-state index is -0.623. The molecule has 7 nitrogen and oxygen atoms in total. The van der Waals surface area contributed by atoms with E-state index in [1.54, 1.807) is 12.1 Å². The van der Waals surface area contributed by atoms with Gasteiger partial charge in [0.15, 0.2) is 4.83 Å². The average Bonchev–Trinajstić information content (AvgIpc) is 2.91. The number of nitrogen functional groups attached to an aromatic ring is 2. The maximum atomic E-state index is 11.6. The van der Waals surface area contributed by atoms with E-state index in [0.29, 0.717) is 28.1 Å². The number of aromatic amines is 1. The zero-order chi connectivity index (χ0) is 18.1. The van der Waals surface area contributed by atoms with Gasteiger partial charge in [-0.05, 0) is 24.6 Å². The number of H-pyrrole nitrogens is 1. The highest BCUT2D eigenvalue weighted by Crippen LogP contribution is 2.41. The van der Waals surface area contributed by atoms with Gasteiger partial charge >= 0.3 is 0 Å². The Labute approximate surface area is 147 Å². The van der Waals surface area contributed by atoms with Crippen molar-refractivity contribution in [2.45, 2.75) is 6.92 Å². The molecule has 126 valence electrons. The SMILES string of the molecule is CCOc1ccc(-c2c(C#N)c(N)[nH+]c3sc(C(N)=O)c(N)c23)cc1. The molecule has 0 unspecified atom stereocenters. The summed E-state index contributed by atoms with van der Waals surface area (Å²) in [5.74, 6) is 0.297. The lowest BCUT2D eigenvalue weighted by Gasteiger charge is -2.08. The highest BCUT2D eigenvalue weighted by atomic mass is 32.1. The fourth-order valence-electron chi connectivity index (χ4n) is 2.70. The van der Waals surface area contributed by atoms with Crippen molar-refractivity contribution in [2.75, 3.05) is 18.1 Å². The van der Waals surface area contributed by atoms with E-state index in [1.807, 2.05) is 19.1 Å². The Kier molecular flexibility index (Phi) is 4.17. The molecular weight excluding hydrogens is 338 g/mol. The number of carbonyl (C=O) groups excluding carboxylic acids is 1. The number of hydrogen-bond acceptors (Lipinski definition) is 6. The number of nitrogens with one attached hydrogen (secondary N) is 1. The van der Waals surface area contributed by atoms with Crippen molar-refractivity contribution >= 4 is 39.0 Å². The van der Waals surface area contributed by atoms with Crippen molar-refractivity contribution in [3.8, 4) is 22.9 Å². The molecule has 0 aliphatic carbocycles. The minimum absolute atomic E-state index is 0.205. The van der Waals surface area contributed by atoms with Crippen molar-refractivity contribution in [1.82, 2.24) is 0 Å². The van der Waals surface area contributed by atoms with Crippen LogP contribution in [0.15, 0.2) is 24.3 Å². The molecule has 0 spiro atoms. The second-order valence-corrected chi connectivity index (χ2v) is 6.29. The summed E-state index contributed by atoms with van der Waals surface area (Å²) in [5, 5.41) is 10.1. The summed E-state index contributed by atoms with van der Waals surface area (Å²) in [6.45, 7) is 2.45. The van der Waals surface area contributed by atoms with E-state index in [1.165, 1.54) is 0 Å². The molecule has 3 rings (SSSR count). The van der Waals surface area contributed by atoms with Crippen LogP contribution in [0.2, 0.25) is 0 Å². The van der Waals surface area contributed by atoms with Gasteiger partial charge in [0.05, 0.1) is 17.7 Å². The van der Waals surface area contributed by atoms with E-state index in [9.17, 15) is 10.1 Å². The van der Waals surface area contributed by atoms with Gasteiger partial charge in [0.1, 0.15) is 22.3 Å². The van der Waals surface area contributed by atoms with E-state index in [4.69, 9.17) is 21.9 Å². The summed E-state index contributed by atoms with van der Waals surface area (Å²) in [5.41, 5.74) is 19.3. The van der Waals surface area contributed by atoms with Crippen LogP contribution in [0, 0.1) is 11.3 Å². The van der Waals surface area contributed by atoms with Gasteiger partial charge in [0, 0.05) is 5.56 Å². The summed E-state index contributed by atoms with van der Waals surface area (Å²) in [6.07, 6.45) is 0. The summed E-state index contributed by atoms with van der Waals surface area (Å²) in [4.78, 5) is 15.4. The van der Waals surface area contributed by atoms with Crippen LogP contribution in [0.5, 0.6) is 5.75 Å². The normalized spacial score (nSPS) is 10.6. The molecule has 0 bridgehead atoms. The van der Waals surface area contributed by atoms with Crippen LogP contribution in [-0.4, -0.2) is 12.5 Å². The number of carbonyl (C=O) groups is 1. The average molecular weight is 354 g/mol. The van der Waals surface area contributed by atoms with E-state index >= 15 is 0 Å². The van der Waals surface area contributed by atoms with Gasteiger partial charge in [0.25, 0.3) is 11.7 Å². The number of ether oxygens (including phenoxy) is 1. The Hall–Kier alpha value is -3.31. The molecular formula is C17H16N5O2S+. The number of nitrogens with two attached hydrogens (primary N) is 3. The van der Waals surface area contributed by atoms with Crippen molar-refractivity contribution in [1.29, 1.82) is 5.26 Å². The number of thiophene rings is 1. The molecule has 1 aromatic carbocycles. The number of nitrogens with zero attached hydrogens (tertiary/aromatic N) is 1. The first-order valence-electron chi connectivity index (χ1n) is 7.47. The lowest BCUT2D eigenvalue weighted by Crippen LogP contribution is -2.13. The Morgan fingerprint density at radius 1 is 1.32 bits per heavy atom. The highest BCUT2D eigenvalue weighted by molar-refractivity contribution is 7.20. The number of anilines is 2. The first-order chi connectivity index (χ1) is 12.0. The summed E-state index contributed by atoms with van der Waals surface area (Å²) < 4.78 is 5.44. The molecule has 0 saturated carbocycles. The number of benzene rings is 1. The number of fused-ring (bicyclic) bond motifs is 1. The number of pyridine rings is 1. The Balaban J connectivity index is 2.35. The molecule has 8 heteroatoms. The van der Waals surface area contributed by atoms with Crippen LogP contribution in [0.1, 0.15) is 22.2 Å². The molecule has 0 saturated heterocycles. The first kappa shape index (κ1) is 16.5. The van der Waals surface area contributed by atoms with E-state index in [2.05, 4.69) is 11.1 Å². The molecule has 0 aliphatic heterocycles. The van der Waals surface area contributed by atoms with Crippen LogP contribution in [0.4, 0.5) is 11.5 Å². The Bertz CT molecular complexity index is 1020. The van der Waals surface area contributed by atoms with Crippen LogP contribution < -0.4 is 26.9 Å². The topological polar surface area (TPSA) is 142 Å². The van der Waals surface area contributed by atoms with Gasteiger partial charge in [-0.1, -0.05) is 23.5 Å². The van der Waals surface area contributed by atoms with Crippen LogP contribution in [0.3, 0.4) is 0 Å². The molecule has 3 aromatic rings. The molecule has 2 aromatic heterocycles. The third-order valence-electron chi connectivity index (χ3n) is 3.75. The predicted octanol–water partition coefficient (Wildman–Crippen LogP) is 1.92. The van der Waals surface area contributed by atoms with Gasteiger partial charge in [-0.15, -0.1) is 0 Å². The molecule has 25 heavy (non-hydrogen) atoms. The highest BCUT2D eigenvalue weighted by Gasteiger charge is 2.25. The standard InChI is InChI=1S/C17H15N5O2S/c1-2-24-9-5-3-8(4-6-9)11-10(7-18)15(20)22-17-12(11)13(19)14(25-17)16(21)23/h3-6H,2,19H2,1H3,(H2,20,22)(H2,21,23)/p+1. The summed E-state index contributed by atoms with van der Waals surface area (Å²) in [7, 11) is 0. The van der Waals surface area contributed by atoms with Crippen molar-refractivity contribution in [3.63, 3.8) is 0 Å². The molecule has 0 radical (unpaired) electrons. The minimum Gasteiger partial charge on any atom is -0.494 e. The molecule has 0 atom stereocenters. The Morgan fingerprint density at radius 3 is 2.56 bits per heavy atom. The zero-order valence-corrected chi connectivity index (χ0v) is 14.2. The van der Waals surface area contributed by atoms with Gasteiger partial charge in [0.2, 0.25) is 0 Å².